The number of hydrogen-bond donors (Lipinski definition) is 1. The first kappa shape index (κ1) is 35.5. The van der Waals surface area contributed by atoms with Gasteiger partial charge < -0.3 is 39.3 Å². The number of methoxy groups -OCH3 is 1. The largest absolute Gasteiger partial charge is 1.00 e. The number of carbonyl (C=O) groups is 2. The second-order valence-corrected chi connectivity index (χ2v) is 10.0. The molecule has 9 nitrogen and oxygen atoms in total. The van der Waals surface area contributed by atoms with Crippen molar-refractivity contribution in [1.82, 2.24) is 0 Å². The Balaban J connectivity index is 0.00000648. The second-order valence-electron chi connectivity index (χ2n) is 8.15. The average molecular weight is 518 g/mol. The van der Waals surface area contributed by atoms with Crippen LogP contribution in [0.15, 0.2) is 54.6 Å². The van der Waals surface area contributed by atoms with Crippen molar-refractivity contribution in [1.29, 1.82) is 0 Å². The fraction of sp³-hybridized carbons (Fsp3) is 0.440. The Bertz CT molecular complexity index is 981. The van der Waals surface area contributed by atoms with Gasteiger partial charge in [0.15, 0.2) is 0 Å². The maximum atomic E-state index is 13.3. The number of nitrogens with zero attached hydrogens (tertiary/aromatic N) is 1. The molecule has 0 aliphatic heterocycles. The Labute approximate surface area is 243 Å². The van der Waals surface area contributed by atoms with E-state index in [0.717, 1.165) is 16.9 Å². The van der Waals surface area contributed by atoms with Crippen LogP contribution in [0.25, 0.3) is 0 Å². The summed E-state index contributed by atoms with van der Waals surface area (Å²) < 4.78 is 23.2. The van der Waals surface area contributed by atoms with Crippen molar-refractivity contribution in [2.45, 2.75) is 44.6 Å². The molecule has 2 aromatic carbocycles. The van der Waals surface area contributed by atoms with E-state index in [9.17, 15) is 24.2 Å². The molecule has 2 rings (SSSR count). The molecular formula is C25H33Li2N2O7P. The first-order chi connectivity index (χ1) is 16.8. The normalized spacial score (nSPS) is 12.8. The van der Waals surface area contributed by atoms with Crippen LogP contribution in [0.4, 0.5) is 5.69 Å². The summed E-state index contributed by atoms with van der Waals surface area (Å²) in [5.74, 6) is -1.73. The third kappa shape index (κ3) is 13.2. The summed E-state index contributed by atoms with van der Waals surface area (Å²) in [5.41, 5.74) is 6.91. The van der Waals surface area contributed by atoms with Crippen molar-refractivity contribution >= 4 is 25.2 Å². The van der Waals surface area contributed by atoms with Gasteiger partial charge in [0.25, 0.3) is 5.91 Å². The second kappa shape index (κ2) is 18.7. The van der Waals surface area contributed by atoms with Gasteiger partial charge in [-0.3, -0.25) is 4.79 Å². The van der Waals surface area contributed by atoms with Crippen LogP contribution >= 0.6 is 7.60 Å². The molecule has 2 atom stereocenters. The minimum Gasteiger partial charge on any atom is -0.778 e. The zero-order chi connectivity index (χ0) is 25.7. The van der Waals surface area contributed by atoms with Gasteiger partial charge >= 0.3 is 37.7 Å². The average Bonchev–Trinajstić information content (AvgIpc) is 2.85. The third-order valence-corrected chi connectivity index (χ3v) is 6.85. The van der Waals surface area contributed by atoms with E-state index >= 15 is 0 Å². The number of nitrogens with two attached hydrogens (primary N) is 1. The maximum Gasteiger partial charge on any atom is 1.00 e. The number of carboxylic acid groups (broad SMARTS) is 1. The first-order valence-electron chi connectivity index (χ1n) is 11.6. The molecule has 0 fully saturated rings. The number of ether oxygens (including phenoxy) is 1. The number of aliphatic carboxylic acids is 1. The Morgan fingerprint density at radius 2 is 1.65 bits per heavy atom. The molecule has 0 bridgehead atoms. The molecule has 0 aliphatic rings. The SMILES string of the molecule is COc1ccc(N(CC(=O)[O-])C(=O)[C@H](CCCCN)OP(=O)([O-])CCCCc2ccccc2)cc1.[Li+].[Li+]. The molecular weight excluding hydrogens is 485 g/mol. The fourth-order valence-electron chi connectivity index (χ4n) is 3.58. The van der Waals surface area contributed by atoms with E-state index in [-0.39, 0.29) is 56.0 Å². The van der Waals surface area contributed by atoms with Gasteiger partial charge in [0, 0.05) is 11.8 Å². The number of aryl methyl sites for hydroxylation is 1. The zero-order valence-electron chi connectivity index (χ0n) is 22.0. The summed E-state index contributed by atoms with van der Waals surface area (Å²) in [6.45, 7) is -0.376. The van der Waals surface area contributed by atoms with E-state index in [1.807, 2.05) is 30.3 Å². The predicted molar refractivity (Wildman–Crippen MR) is 130 cm³/mol. The van der Waals surface area contributed by atoms with Crippen molar-refractivity contribution in [3.8, 4) is 5.75 Å². The number of hydrogen-bond acceptors (Lipinski definition) is 8. The van der Waals surface area contributed by atoms with Gasteiger partial charge in [0.1, 0.15) is 19.4 Å². The van der Waals surface area contributed by atoms with Gasteiger partial charge in [-0.15, -0.1) is 0 Å². The van der Waals surface area contributed by atoms with Gasteiger partial charge in [0.05, 0.1) is 19.6 Å². The number of rotatable bonds is 16. The van der Waals surface area contributed by atoms with Crippen LogP contribution in [0.5, 0.6) is 5.75 Å². The standard InChI is InChI=1S/C25H35N2O7P.2Li/c1-33-22-15-13-21(14-16-22)27(19-24(28)29)25(30)23(12-5-7-17-26)34-35(31,32)18-8-6-11-20-9-3-2-4-10-20;;/h2-4,9-10,13-16,23H,5-8,11-12,17-19,26H2,1H3,(H,28,29)(H,31,32);;/q;2*+1/p-2/t23-;;/m0../s1. The van der Waals surface area contributed by atoms with Gasteiger partial charge in [0.2, 0.25) is 0 Å². The molecule has 1 unspecified atom stereocenters. The minimum atomic E-state index is -4.36. The van der Waals surface area contributed by atoms with Crippen molar-refractivity contribution in [3.63, 3.8) is 0 Å². The van der Waals surface area contributed by atoms with Crippen LogP contribution in [-0.4, -0.2) is 44.3 Å². The number of carboxylic acids is 1. The van der Waals surface area contributed by atoms with Crippen LogP contribution in [-0.2, 0) is 25.1 Å². The van der Waals surface area contributed by atoms with Gasteiger partial charge in [-0.1, -0.05) is 30.3 Å². The summed E-state index contributed by atoms with van der Waals surface area (Å²) >= 11 is 0. The molecule has 0 aromatic heterocycles. The van der Waals surface area contributed by atoms with E-state index in [1.165, 1.54) is 19.2 Å². The quantitative estimate of drug-likeness (QED) is 0.134. The minimum absolute atomic E-state index is 0. The van der Waals surface area contributed by atoms with Crippen molar-refractivity contribution in [2.75, 3.05) is 31.3 Å². The van der Waals surface area contributed by atoms with Crippen LogP contribution in [0.3, 0.4) is 0 Å². The number of anilines is 1. The smallest absolute Gasteiger partial charge is 0.778 e. The molecule has 2 N–H and O–H groups in total. The molecule has 0 spiro atoms. The van der Waals surface area contributed by atoms with Crippen LogP contribution in [0.1, 0.15) is 37.7 Å². The van der Waals surface area contributed by atoms with Crippen LogP contribution in [0, 0.1) is 0 Å². The first-order valence-corrected chi connectivity index (χ1v) is 13.4. The number of carbonyl (C=O) groups excluding carboxylic acids is 2. The molecule has 0 saturated heterocycles. The summed E-state index contributed by atoms with van der Waals surface area (Å²) in [6, 6.07) is 15.9. The Morgan fingerprint density at radius 1 is 1.00 bits per heavy atom. The molecule has 0 heterocycles. The van der Waals surface area contributed by atoms with E-state index in [4.69, 9.17) is 15.0 Å². The fourth-order valence-corrected chi connectivity index (χ4v) is 4.88. The summed E-state index contributed by atoms with van der Waals surface area (Å²) in [7, 11) is -2.88. The summed E-state index contributed by atoms with van der Waals surface area (Å²) in [6.07, 6.45) is 1.28. The molecule has 0 saturated carbocycles. The Kier molecular flexibility index (Phi) is 17.9. The molecule has 0 radical (unpaired) electrons. The number of benzene rings is 2. The monoisotopic (exact) mass is 518 g/mol. The van der Waals surface area contributed by atoms with Crippen molar-refractivity contribution < 1.29 is 71.1 Å². The predicted octanol–water partition coefficient (Wildman–Crippen LogP) is -4.12. The Morgan fingerprint density at radius 3 is 2.22 bits per heavy atom. The molecule has 1 amide bonds. The molecule has 12 heteroatoms. The van der Waals surface area contributed by atoms with E-state index in [0.29, 0.717) is 38.0 Å². The van der Waals surface area contributed by atoms with Crippen LogP contribution < -0.4 is 63.1 Å². The summed E-state index contributed by atoms with van der Waals surface area (Å²) in [5, 5.41) is 11.4. The number of unbranched alkanes of at least 4 members (excludes halogenated alkanes) is 2. The van der Waals surface area contributed by atoms with Gasteiger partial charge in [-0.2, -0.15) is 0 Å². The third-order valence-electron chi connectivity index (χ3n) is 5.41. The maximum absolute atomic E-state index is 13.3. The van der Waals surface area contributed by atoms with Crippen LogP contribution in [0.2, 0.25) is 0 Å². The topological polar surface area (TPSA) is 145 Å². The van der Waals surface area contributed by atoms with E-state index in [1.54, 1.807) is 12.1 Å². The zero-order valence-corrected chi connectivity index (χ0v) is 22.9. The van der Waals surface area contributed by atoms with Gasteiger partial charge in [-0.25, -0.2) is 0 Å². The van der Waals surface area contributed by atoms with E-state index < -0.39 is 32.1 Å². The number of amides is 1. The summed E-state index contributed by atoms with van der Waals surface area (Å²) in [4.78, 5) is 38.3. The van der Waals surface area contributed by atoms with E-state index in [2.05, 4.69) is 0 Å². The molecule has 37 heavy (non-hydrogen) atoms. The molecule has 192 valence electrons. The van der Waals surface area contributed by atoms with Gasteiger partial charge in [-0.05, 0) is 74.9 Å². The molecule has 0 aliphatic carbocycles. The molecule has 2 aromatic rings. The van der Waals surface area contributed by atoms with Crippen molar-refractivity contribution in [3.05, 3.63) is 60.2 Å². The van der Waals surface area contributed by atoms with Crippen molar-refractivity contribution in [2.24, 2.45) is 5.73 Å². The Hall–Kier alpha value is -1.52.